The van der Waals surface area contributed by atoms with Gasteiger partial charge < -0.3 is 20.9 Å². The molecule has 0 saturated heterocycles. The van der Waals surface area contributed by atoms with Crippen molar-refractivity contribution < 1.29 is 19.4 Å². The van der Waals surface area contributed by atoms with Gasteiger partial charge in [0.05, 0.1) is 5.25 Å². The van der Waals surface area contributed by atoms with Gasteiger partial charge in [-0.2, -0.15) is 0 Å². The SMILES string of the molecule is COCCCNC(=O)C(C)SC[C@H](N)C(=O)O. The molecule has 0 bridgehead atoms. The van der Waals surface area contributed by atoms with E-state index in [2.05, 4.69) is 5.32 Å². The molecule has 6 nitrogen and oxygen atoms in total. The lowest BCUT2D eigenvalue weighted by atomic mass is 10.4. The summed E-state index contributed by atoms with van der Waals surface area (Å²) in [4.78, 5) is 22.0. The molecule has 2 atom stereocenters. The van der Waals surface area contributed by atoms with Gasteiger partial charge in [0.2, 0.25) is 5.91 Å². The van der Waals surface area contributed by atoms with Gasteiger partial charge in [-0.05, 0) is 13.3 Å². The van der Waals surface area contributed by atoms with Crippen molar-refractivity contribution in [3.63, 3.8) is 0 Å². The van der Waals surface area contributed by atoms with Crippen molar-refractivity contribution in [2.24, 2.45) is 5.73 Å². The fraction of sp³-hybridized carbons (Fsp3) is 0.800. The zero-order valence-electron chi connectivity index (χ0n) is 10.1. The number of hydrogen-bond acceptors (Lipinski definition) is 5. The van der Waals surface area contributed by atoms with Gasteiger partial charge in [0.1, 0.15) is 6.04 Å². The highest BCUT2D eigenvalue weighted by molar-refractivity contribution is 8.00. The second-order valence-corrected chi connectivity index (χ2v) is 4.93. The van der Waals surface area contributed by atoms with Crippen molar-refractivity contribution in [1.82, 2.24) is 5.32 Å². The van der Waals surface area contributed by atoms with Crippen LogP contribution in [-0.2, 0) is 14.3 Å². The molecule has 17 heavy (non-hydrogen) atoms. The molecule has 0 aromatic carbocycles. The first-order valence-electron chi connectivity index (χ1n) is 5.35. The van der Waals surface area contributed by atoms with Gasteiger partial charge in [-0.15, -0.1) is 11.8 Å². The minimum Gasteiger partial charge on any atom is -0.480 e. The summed E-state index contributed by atoms with van der Waals surface area (Å²) in [5.74, 6) is -0.934. The molecule has 1 unspecified atom stereocenters. The Hall–Kier alpha value is -0.790. The second-order valence-electron chi connectivity index (χ2n) is 3.56. The van der Waals surface area contributed by atoms with E-state index in [1.54, 1.807) is 14.0 Å². The third-order valence-corrected chi connectivity index (χ3v) is 3.30. The lowest BCUT2D eigenvalue weighted by Crippen LogP contribution is -2.36. The Morgan fingerprint density at radius 3 is 2.71 bits per heavy atom. The zero-order valence-corrected chi connectivity index (χ0v) is 11.0. The van der Waals surface area contributed by atoms with Crippen molar-refractivity contribution in [1.29, 1.82) is 0 Å². The normalized spacial score (nSPS) is 14.1. The molecule has 0 aliphatic carbocycles. The number of carboxylic acid groups (broad SMARTS) is 1. The number of ether oxygens (including phenoxy) is 1. The number of methoxy groups -OCH3 is 1. The third kappa shape index (κ3) is 8.00. The number of thioether (sulfide) groups is 1. The van der Waals surface area contributed by atoms with E-state index in [4.69, 9.17) is 15.6 Å². The smallest absolute Gasteiger partial charge is 0.321 e. The highest BCUT2D eigenvalue weighted by Gasteiger charge is 2.17. The highest BCUT2D eigenvalue weighted by Crippen LogP contribution is 2.11. The highest BCUT2D eigenvalue weighted by atomic mass is 32.2. The molecule has 4 N–H and O–H groups in total. The molecule has 0 radical (unpaired) electrons. The number of rotatable bonds is 9. The van der Waals surface area contributed by atoms with Crippen molar-refractivity contribution in [3.8, 4) is 0 Å². The van der Waals surface area contributed by atoms with Crippen LogP contribution >= 0.6 is 11.8 Å². The number of hydrogen-bond donors (Lipinski definition) is 3. The van der Waals surface area contributed by atoms with E-state index in [0.29, 0.717) is 13.2 Å². The Morgan fingerprint density at radius 1 is 1.53 bits per heavy atom. The molecule has 0 aromatic heterocycles. The molecular formula is C10H20N2O4S. The summed E-state index contributed by atoms with van der Waals surface area (Å²) >= 11 is 1.24. The lowest BCUT2D eigenvalue weighted by molar-refractivity contribution is -0.138. The Labute approximate surface area is 105 Å². The lowest BCUT2D eigenvalue weighted by Gasteiger charge is -2.13. The standard InChI is InChI=1S/C10H20N2O4S/c1-7(17-6-8(11)10(14)15)9(13)12-4-3-5-16-2/h7-8H,3-6,11H2,1-2H3,(H,12,13)(H,14,15)/t7?,8-/m0/s1. The van der Waals surface area contributed by atoms with Crippen molar-refractivity contribution in [2.45, 2.75) is 24.6 Å². The van der Waals surface area contributed by atoms with Crippen LogP contribution in [0, 0.1) is 0 Å². The van der Waals surface area contributed by atoms with E-state index in [0.717, 1.165) is 6.42 Å². The van der Waals surface area contributed by atoms with Crippen LogP contribution in [0.3, 0.4) is 0 Å². The molecule has 0 saturated carbocycles. The molecule has 0 aromatic rings. The predicted molar refractivity (Wildman–Crippen MR) is 67.0 cm³/mol. The van der Waals surface area contributed by atoms with Crippen molar-refractivity contribution in [2.75, 3.05) is 26.0 Å². The Balaban J connectivity index is 3.70. The number of carbonyl (C=O) groups excluding carboxylic acids is 1. The first-order chi connectivity index (χ1) is 7.99. The van der Waals surface area contributed by atoms with Crippen LogP contribution in [0.4, 0.5) is 0 Å². The van der Waals surface area contributed by atoms with Crippen LogP contribution in [0.1, 0.15) is 13.3 Å². The summed E-state index contributed by atoms with van der Waals surface area (Å²) in [6.45, 7) is 2.89. The molecule has 0 heterocycles. The van der Waals surface area contributed by atoms with Crippen LogP contribution in [0.15, 0.2) is 0 Å². The van der Waals surface area contributed by atoms with E-state index < -0.39 is 12.0 Å². The molecule has 0 rings (SSSR count). The van der Waals surface area contributed by atoms with Crippen LogP contribution in [-0.4, -0.2) is 54.3 Å². The number of nitrogens with two attached hydrogens (primary N) is 1. The van der Waals surface area contributed by atoms with Gasteiger partial charge in [0, 0.05) is 26.0 Å². The van der Waals surface area contributed by atoms with Gasteiger partial charge in [-0.1, -0.05) is 0 Å². The second kappa shape index (κ2) is 9.26. The largest absolute Gasteiger partial charge is 0.480 e. The van der Waals surface area contributed by atoms with Gasteiger partial charge >= 0.3 is 5.97 Å². The zero-order chi connectivity index (χ0) is 13.3. The molecule has 100 valence electrons. The van der Waals surface area contributed by atoms with Crippen molar-refractivity contribution in [3.05, 3.63) is 0 Å². The summed E-state index contributed by atoms with van der Waals surface area (Å²) in [6.07, 6.45) is 0.758. The number of aliphatic carboxylic acids is 1. The summed E-state index contributed by atoms with van der Waals surface area (Å²) < 4.78 is 4.85. The fourth-order valence-electron chi connectivity index (χ4n) is 0.967. The van der Waals surface area contributed by atoms with Gasteiger partial charge in [0.25, 0.3) is 0 Å². The molecule has 0 aliphatic heterocycles. The molecule has 7 heteroatoms. The van der Waals surface area contributed by atoms with Crippen LogP contribution in [0.25, 0.3) is 0 Å². The van der Waals surface area contributed by atoms with Gasteiger partial charge in [-0.3, -0.25) is 9.59 Å². The Morgan fingerprint density at radius 2 is 2.18 bits per heavy atom. The number of carbonyl (C=O) groups is 2. The molecule has 0 spiro atoms. The van der Waals surface area contributed by atoms with Gasteiger partial charge in [-0.25, -0.2) is 0 Å². The van der Waals surface area contributed by atoms with Crippen LogP contribution < -0.4 is 11.1 Å². The first-order valence-corrected chi connectivity index (χ1v) is 6.40. The maximum absolute atomic E-state index is 11.5. The maximum Gasteiger partial charge on any atom is 0.321 e. The summed E-state index contributed by atoms with van der Waals surface area (Å²) in [7, 11) is 1.60. The summed E-state index contributed by atoms with van der Waals surface area (Å²) in [6, 6.07) is -0.927. The monoisotopic (exact) mass is 264 g/mol. The van der Waals surface area contributed by atoms with E-state index in [9.17, 15) is 9.59 Å². The minimum absolute atomic E-state index is 0.108. The summed E-state index contributed by atoms with van der Waals surface area (Å²) in [5.41, 5.74) is 5.34. The first kappa shape index (κ1) is 16.2. The predicted octanol–water partition coefficient (Wildman–Crippen LogP) is -0.327. The molecular weight excluding hydrogens is 244 g/mol. The van der Waals surface area contributed by atoms with E-state index >= 15 is 0 Å². The quantitative estimate of drug-likeness (QED) is 0.493. The van der Waals surface area contributed by atoms with Crippen LogP contribution in [0.5, 0.6) is 0 Å². The van der Waals surface area contributed by atoms with Crippen molar-refractivity contribution >= 4 is 23.6 Å². The Bertz CT molecular complexity index is 250. The molecule has 0 fully saturated rings. The fourth-order valence-corrected chi connectivity index (χ4v) is 1.84. The molecule has 1 amide bonds. The average Bonchev–Trinajstić information content (AvgIpc) is 2.30. The molecule has 0 aliphatic rings. The van der Waals surface area contributed by atoms with E-state index in [1.165, 1.54) is 11.8 Å². The Kier molecular flexibility index (Phi) is 8.83. The van der Waals surface area contributed by atoms with Gasteiger partial charge in [0.15, 0.2) is 0 Å². The maximum atomic E-state index is 11.5. The number of amides is 1. The average molecular weight is 264 g/mol. The van der Waals surface area contributed by atoms with E-state index in [-0.39, 0.29) is 16.9 Å². The van der Waals surface area contributed by atoms with E-state index in [1.807, 2.05) is 0 Å². The topological polar surface area (TPSA) is 102 Å². The number of carboxylic acids is 1. The summed E-state index contributed by atoms with van der Waals surface area (Å²) in [5, 5.41) is 11.0. The number of nitrogens with one attached hydrogen (secondary N) is 1. The van der Waals surface area contributed by atoms with Crippen LogP contribution in [0.2, 0.25) is 0 Å². The third-order valence-electron chi connectivity index (χ3n) is 2.04. The minimum atomic E-state index is -1.05.